The summed E-state index contributed by atoms with van der Waals surface area (Å²) in [6, 6.07) is 13.8. The zero-order valence-corrected chi connectivity index (χ0v) is 15.8. The number of fused-ring (bicyclic) bond motifs is 1. The van der Waals surface area contributed by atoms with Crippen LogP contribution in [0.4, 0.5) is 5.82 Å². The lowest BCUT2D eigenvalue weighted by atomic mass is 10.0. The maximum Gasteiger partial charge on any atom is 0.159 e. The molecular formula is C21H18N4OS. The third-order valence-electron chi connectivity index (χ3n) is 4.29. The van der Waals surface area contributed by atoms with E-state index in [0.29, 0.717) is 11.4 Å². The largest absolute Gasteiger partial charge is 0.507 e. The predicted octanol–water partition coefficient (Wildman–Crippen LogP) is 5.13. The van der Waals surface area contributed by atoms with Crippen molar-refractivity contribution >= 4 is 33.6 Å². The van der Waals surface area contributed by atoms with Crippen LogP contribution in [0.1, 0.15) is 16.7 Å². The molecule has 0 atom stereocenters. The zero-order valence-electron chi connectivity index (χ0n) is 15.0. The van der Waals surface area contributed by atoms with Gasteiger partial charge in [-0.15, -0.1) is 11.3 Å². The summed E-state index contributed by atoms with van der Waals surface area (Å²) in [5.41, 5.74) is 8.05. The summed E-state index contributed by atoms with van der Waals surface area (Å²) in [5.74, 6) is 0.837. The first-order valence-electron chi connectivity index (χ1n) is 8.50. The van der Waals surface area contributed by atoms with Crippen LogP contribution in [0.2, 0.25) is 0 Å². The van der Waals surface area contributed by atoms with Crippen LogP contribution in [-0.2, 0) is 0 Å². The fraction of sp³-hybridized carbons (Fsp3) is 0.0952. The van der Waals surface area contributed by atoms with E-state index < -0.39 is 0 Å². The highest BCUT2D eigenvalue weighted by Gasteiger charge is 2.12. The molecule has 0 saturated heterocycles. The molecule has 2 N–H and O–H groups in total. The molecule has 27 heavy (non-hydrogen) atoms. The summed E-state index contributed by atoms with van der Waals surface area (Å²) >= 11 is 1.58. The minimum Gasteiger partial charge on any atom is -0.507 e. The van der Waals surface area contributed by atoms with E-state index >= 15 is 0 Å². The number of aromatic hydroxyl groups is 1. The average molecular weight is 374 g/mol. The summed E-state index contributed by atoms with van der Waals surface area (Å²) in [4.78, 5) is 9.63. The Morgan fingerprint density at radius 2 is 1.81 bits per heavy atom. The Labute approximate surface area is 161 Å². The number of rotatable bonds is 4. The van der Waals surface area contributed by atoms with Gasteiger partial charge in [0.05, 0.1) is 11.6 Å². The Bertz CT molecular complexity index is 1130. The normalized spacial score (nSPS) is 11.3. The molecule has 0 radical (unpaired) electrons. The van der Waals surface area contributed by atoms with E-state index in [2.05, 4.69) is 57.1 Å². The van der Waals surface area contributed by atoms with Crippen LogP contribution in [-0.4, -0.2) is 21.3 Å². The Morgan fingerprint density at radius 1 is 1.04 bits per heavy atom. The Kier molecular flexibility index (Phi) is 4.56. The highest BCUT2D eigenvalue weighted by molar-refractivity contribution is 7.17. The number of phenolic OH excluding ortho intramolecular Hbond substituents is 1. The van der Waals surface area contributed by atoms with Crippen molar-refractivity contribution in [1.29, 1.82) is 0 Å². The van der Waals surface area contributed by atoms with E-state index in [9.17, 15) is 5.11 Å². The smallest absolute Gasteiger partial charge is 0.159 e. The number of hydrazone groups is 1. The van der Waals surface area contributed by atoms with Crippen molar-refractivity contribution in [2.75, 3.05) is 5.43 Å². The van der Waals surface area contributed by atoms with Crippen LogP contribution in [0.3, 0.4) is 0 Å². The molecule has 2 aromatic heterocycles. The molecule has 0 aliphatic carbocycles. The summed E-state index contributed by atoms with van der Waals surface area (Å²) < 4.78 is 0. The molecule has 4 rings (SSSR count). The van der Waals surface area contributed by atoms with Crippen molar-refractivity contribution in [2.24, 2.45) is 5.10 Å². The molecule has 0 aliphatic heterocycles. The monoisotopic (exact) mass is 374 g/mol. The molecule has 0 fully saturated rings. The SMILES string of the molecule is Cc1ccc(-c2csc3ncnc(N/N=C/c4ccc(C)cc4O)c23)cc1. The van der Waals surface area contributed by atoms with E-state index in [1.165, 1.54) is 11.9 Å². The van der Waals surface area contributed by atoms with Crippen molar-refractivity contribution in [3.8, 4) is 16.9 Å². The molecule has 5 nitrogen and oxygen atoms in total. The van der Waals surface area contributed by atoms with Crippen molar-refractivity contribution < 1.29 is 5.11 Å². The van der Waals surface area contributed by atoms with Crippen molar-refractivity contribution in [3.63, 3.8) is 0 Å². The number of phenols is 1. The van der Waals surface area contributed by atoms with Crippen LogP contribution in [0.15, 0.2) is 59.3 Å². The molecule has 0 aliphatic rings. The maximum atomic E-state index is 10.00. The van der Waals surface area contributed by atoms with E-state index in [1.54, 1.807) is 23.6 Å². The van der Waals surface area contributed by atoms with Crippen molar-refractivity contribution in [1.82, 2.24) is 9.97 Å². The van der Waals surface area contributed by atoms with Gasteiger partial charge in [0.1, 0.15) is 16.9 Å². The maximum absolute atomic E-state index is 10.00. The standard InChI is InChI=1S/C21H18N4OS/c1-13-3-6-15(7-4-13)17-11-27-21-19(17)20(22-12-23-21)25-24-10-16-8-5-14(2)9-18(16)26/h3-12,26H,1-2H3,(H,22,23,25)/b24-10+. The number of thiophene rings is 1. The second-order valence-electron chi connectivity index (χ2n) is 6.35. The summed E-state index contributed by atoms with van der Waals surface area (Å²) in [5, 5.41) is 17.3. The van der Waals surface area contributed by atoms with Crippen LogP contribution >= 0.6 is 11.3 Å². The molecule has 4 aromatic rings. The van der Waals surface area contributed by atoms with Gasteiger partial charge >= 0.3 is 0 Å². The van der Waals surface area contributed by atoms with E-state index in [1.807, 2.05) is 19.1 Å². The van der Waals surface area contributed by atoms with Crippen LogP contribution in [0, 0.1) is 13.8 Å². The van der Waals surface area contributed by atoms with Gasteiger partial charge in [0.15, 0.2) is 5.82 Å². The summed E-state index contributed by atoms with van der Waals surface area (Å²) in [6.07, 6.45) is 3.11. The lowest BCUT2D eigenvalue weighted by Crippen LogP contribution is -1.96. The second-order valence-corrected chi connectivity index (χ2v) is 7.21. The quantitative estimate of drug-likeness (QED) is 0.384. The van der Waals surface area contributed by atoms with Crippen molar-refractivity contribution in [3.05, 3.63) is 70.9 Å². The molecule has 6 heteroatoms. The first-order valence-corrected chi connectivity index (χ1v) is 9.38. The molecular weight excluding hydrogens is 356 g/mol. The van der Waals surface area contributed by atoms with Gasteiger partial charge in [0.25, 0.3) is 0 Å². The number of hydrogen-bond donors (Lipinski definition) is 2. The van der Waals surface area contributed by atoms with Gasteiger partial charge in [-0.25, -0.2) is 9.97 Å². The van der Waals surface area contributed by atoms with Gasteiger partial charge in [-0.1, -0.05) is 35.9 Å². The fourth-order valence-electron chi connectivity index (χ4n) is 2.83. The number of anilines is 1. The highest BCUT2D eigenvalue weighted by atomic mass is 32.1. The second kappa shape index (κ2) is 7.17. The molecule has 2 heterocycles. The van der Waals surface area contributed by atoms with Gasteiger partial charge in [0.2, 0.25) is 0 Å². The Morgan fingerprint density at radius 3 is 2.59 bits per heavy atom. The Balaban J connectivity index is 1.68. The third kappa shape index (κ3) is 3.52. The zero-order chi connectivity index (χ0) is 18.8. The minimum atomic E-state index is 0.198. The van der Waals surface area contributed by atoms with Crippen LogP contribution in [0.25, 0.3) is 21.3 Å². The van der Waals surface area contributed by atoms with Gasteiger partial charge in [-0.05, 0) is 37.1 Å². The average Bonchev–Trinajstić information content (AvgIpc) is 3.09. The van der Waals surface area contributed by atoms with Gasteiger partial charge in [-0.2, -0.15) is 5.10 Å². The fourth-order valence-corrected chi connectivity index (χ4v) is 3.75. The summed E-state index contributed by atoms with van der Waals surface area (Å²) in [7, 11) is 0. The predicted molar refractivity (Wildman–Crippen MR) is 112 cm³/mol. The third-order valence-corrected chi connectivity index (χ3v) is 5.18. The molecule has 134 valence electrons. The van der Waals surface area contributed by atoms with Crippen LogP contribution in [0.5, 0.6) is 5.75 Å². The van der Waals surface area contributed by atoms with Gasteiger partial charge in [0, 0.05) is 16.5 Å². The molecule has 2 aromatic carbocycles. The molecule has 0 amide bonds. The highest BCUT2D eigenvalue weighted by Crippen LogP contribution is 2.36. The topological polar surface area (TPSA) is 70.4 Å². The lowest BCUT2D eigenvalue weighted by Gasteiger charge is -2.05. The molecule has 0 spiro atoms. The van der Waals surface area contributed by atoms with E-state index in [0.717, 1.165) is 26.9 Å². The number of nitrogens with zero attached hydrogens (tertiary/aromatic N) is 3. The first-order chi connectivity index (χ1) is 13.1. The first kappa shape index (κ1) is 17.2. The van der Waals surface area contributed by atoms with Gasteiger partial charge < -0.3 is 5.11 Å². The summed E-state index contributed by atoms with van der Waals surface area (Å²) in [6.45, 7) is 4.00. The molecule has 0 saturated carbocycles. The molecule has 0 unspecified atom stereocenters. The number of benzene rings is 2. The van der Waals surface area contributed by atoms with E-state index in [-0.39, 0.29) is 5.75 Å². The van der Waals surface area contributed by atoms with E-state index in [4.69, 9.17) is 0 Å². The lowest BCUT2D eigenvalue weighted by molar-refractivity contribution is 0.474. The number of nitrogens with one attached hydrogen (secondary N) is 1. The number of aryl methyl sites for hydroxylation is 2. The number of aromatic nitrogens is 2. The van der Waals surface area contributed by atoms with Crippen LogP contribution < -0.4 is 5.43 Å². The molecule has 0 bridgehead atoms. The minimum absolute atomic E-state index is 0.198. The van der Waals surface area contributed by atoms with Crippen molar-refractivity contribution in [2.45, 2.75) is 13.8 Å². The Hall–Kier alpha value is -3.25. The van der Waals surface area contributed by atoms with Gasteiger partial charge in [-0.3, -0.25) is 5.43 Å². The number of hydrogen-bond acceptors (Lipinski definition) is 6.